The lowest BCUT2D eigenvalue weighted by atomic mass is 9.90. The molecule has 47 heavy (non-hydrogen) atoms. The van der Waals surface area contributed by atoms with Gasteiger partial charge in [-0.05, 0) is 90.6 Å². The highest BCUT2D eigenvalue weighted by atomic mass is 19.4. The Balaban J connectivity index is 1.05. The third kappa shape index (κ3) is 7.59. The maximum Gasteiger partial charge on any atom is 0.416 e. The van der Waals surface area contributed by atoms with Gasteiger partial charge in [-0.25, -0.2) is 0 Å². The van der Waals surface area contributed by atoms with E-state index in [1.807, 2.05) is 43.3 Å². The van der Waals surface area contributed by atoms with Crippen LogP contribution in [-0.2, 0) is 35.8 Å². The number of alkyl halides is 3. The molecule has 1 unspecified atom stereocenters. The highest BCUT2D eigenvalue weighted by Crippen LogP contribution is 2.51. The van der Waals surface area contributed by atoms with Crippen molar-refractivity contribution in [1.29, 1.82) is 0 Å². The maximum absolute atomic E-state index is 12.8. The van der Waals surface area contributed by atoms with Gasteiger partial charge in [0.05, 0.1) is 17.7 Å². The number of halogens is 3. The number of nitrogens with zero attached hydrogens (tertiary/aromatic N) is 1. The van der Waals surface area contributed by atoms with E-state index in [0.717, 1.165) is 82.7 Å². The zero-order valence-electron chi connectivity index (χ0n) is 26.3. The zero-order valence-corrected chi connectivity index (χ0v) is 26.3. The Morgan fingerprint density at radius 3 is 2.00 bits per heavy atom. The van der Waals surface area contributed by atoms with E-state index in [1.54, 1.807) is 0 Å². The number of aryl methyl sites for hydroxylation is 1. The smallest absolute Gasteiger partial charge is 0.416 e. The van der Waals surface area contributed by atoms with Crippen LogP contribution in [0.25, 0.3) is 22.5 Å². The summed E-state index contributed by atoms with van der Waals surface area (Å²) in [5.74, 6) is 0.979. The Hall–Kier alpha value is -4.85. The molecule has 5 nitrogen and oxygen atoms in total. The Bertz CT molecular complexity index is 1820. The number of carbonyl (C=O) groups is 1. The first-order valence-corrected chi connectivity index (χ1v) is 15.8. The number of carboxylic acid groups (broad SMARTS) is 1. The van der Waals surface area contributed by atoms with Gasteiger partial charge in [0.15, 0.2) is 5.76 Å². The summed E-state index contributed by atoms with van der Waals surface area (Å²) < 4.78 is 50.0. The van der Waals surface area contributed by atoms with Crippen LogP contribution in [0.5, 0.6) is 5.75 Å². The molecule has 0 spiro atoms. The number of carboxylic acids is 1. The first-order chi connectivity index (χ1) is 22.5. The van der Waals surface area contributed by atoms with Crippen LogP contribution in [-0.4, -0.2) is 16.2 Å². The average molecular weight is 640 g/mol. The minimum Gasteiger partial charge on any atom is -0.489 e. The Morgan fingerprint density at radius 2 is 1.43 bits per heavy atom. The van der Waals surface area contributed by atoms with Crippen molar-refractivity contribution in [2.45, 2.75) is 64.1 Å². The van der Waals surface area contributed by atoms with Crippen molar-refractivity contribution in [2.24, 2.45) is 5.92 Å². The number of aliphatic carboxylic acids is 1. The van der Waals surface area contributed by atoms with Crippen LogP contribution in [0.3, 0.4) is 0 Å². The highest BCUT2D eigenvalue weighted by molar-refractivity contribution is 5.72. The summed E-state index contributed by atoms with van der Waals surface area (Å²) in [5.41, 5.74) is 7.09. The lowest BCUT2D eigenvalue weighted by Crippen LogP contribution is -2.12. The van der Waals surface area contributed by atoms with Crippen molar-refractivity contribution in [3.8, 4) is 28.2 Å². The van der Waals surface area contributed by atoms with Crippen LogP contribution in [0, 0.1) is 12.8 Å². The molecule has 1 fully saturated rings. The van der Waals surface area contributed by atoms with Gasteiger partial charge in [0.1, 0.15) is 12.4 Å². The van der Waals surface area contributed by atoms with Crippen molar-refractivity contribution < 1.29 is 32.3 Å². The summed E-state index contributed by atoms with van der Waals surface area (Å²) in [6, 6.07) is 29.3. The second kappa shape index (κ2) is 13.1. The third-order valence-electron chi connectivity index (χ3n) is 9.05. The lowest BCUT2D eigenvalue weighted by Gasteiger charge is -2.14. The van der Waals surface area contributed by atoms with E-state index in [4.69, 9.17) is 9.26 Å². The summed E-state index contributed by atoms with van der Waals surface area (Å²) in [7, 11) is 0. The summed E-state index contributed by atoms with van der Waals surface area (Å²) in [6.07, 6.45) is -0.706. The van der Waals surface area contributed by atoms with Gasteiger partial charge in [-0.15, -0.1) is 0 Å². The zero-order chi connectivity index (χ0) is 33.2. The number of benzene rings is 4. The number of rotatable bonds is 12. The predicted octanol–water partition coefficient (Wildman–Crippen LogP) is 9.84. The van der Waals surface area contributed by atoms with E-state index >= 15 is 0 Å². The molecule has 0 saturated heterocycles. The molecule has 0 bridgehead atoms. The predicted molar refractivity (Wildman–Crippen MR) is 174 cm³/mol. The Morgan fingerprint density at radius 1 is 0.851 bits per heavy atom. The summed E-state index contributed by atoms with van der Waals surface area (Å²) in [4.78, 5) is 11.3. The fraction of sp³-hybridized carbons (Fsp3) is 0.282. The van der Waals surface area contributed by atoms with Crippen molar-refractivity contribution in [3.05, 3.63) is 131 Å². The van der Waals surface area contributed by atoms with Crippen molar-refractivity contribution in [2.75, 3.05) is 0 Å². The molecule has 0 radical (unpaired) electrons. The van der Waals surface area contributed by atoms with Crippen molar-refractivity contribution in [3.63, 3.8) is 0 Å². The third-order valence-corrected chi connectivity index (χ3v) is 9.05. The first kappa shape index (κ1) is 32.1. The summed E-state index contributed by atoms with van der Waals surface area (Å²) in [5, 5.41) is 13.6. The monoisotopic (exact) mass is 639 g/mol. The SMILES string of the molecule is Cc1noc(-c2ccc(-c3ccc(C4(CC(=O)O)CC4)cc3)cc2)c1CC(C)Cc1ccc(OCc2ccc(C(F)(F)F)cc2)cc1. The molecule has 4 aromatic carbocycles. The van der Waals surface area contributed by atoms with Crippen LogP contribution >= 0.6 is 0 Å². The molecule has 242 valence electrons. The average Bonchev–Trinajstić information content (AvgIpc) is 3.74. The molecule has 1 N–H and O–H groups in total. The maximum atomic E-state index is 12.8. The van der Waals surface area contributed by atoms with Gasteiger partial charge in [0.2, 0.25) is 0 Å². The second-order valence-corrected chi connectivity index (χ2v) is 12.7. The largest absolute Gasteiger partial charge is 0.489 e. The number of aromatic nitrogens is 1. The van der Waals surface area contributed by atoms with E-state index in [2.05, 4.69) is 48.5 Å². The summed E-state index contributed by atoms with van der Waals surface area (Å²) in [6.45, 7) is 4.34. The molecule has 1 aliphatic rings. The minimum atomic E-state index is -4.35. The molecule has 1 aromatic heterocycles. The van der Waals surface area contributed by atoms with Crippen LogP contribution in [0.4, 0.5) is 13.2 Å². The minimum absolute atomic E-state index is 0.178. The second-order valence-electron chi connectivity index (χ2n) is 12.7. The molecule has 1 aliphatic carbocycles. The van der Waals surface area contributed by atoms with Gasteiger partial charge in [-0.3, -0.25) is 4.79 Å². The molecule has 1 atom stereocenters. The standard InChI is InChI=1S/C39H36F3NO4/c1-25(21-27-5-17-34(18-6-27)46-24-28-3-13-33(14-4-28)39(40,41)42)22-35-26(2)43-47-37(35)31-9-7-29(8-10-31)30-11-15-32(16-12-30)38(19-20-38)23-36(44)45/h3-18,25H,19-24H2,1-2H3,(H,44,45). The van der Waals surface area contributed by atoms with Crippen LogP contribution < -0.4 is 4.74 Å². The van der Waals surface area contributed by atoms with Gasteiger partial charge < -0.3 is 14.4 Å². The van der Waals surface area contributed by atoms with E-state index in [9.17, 15) is 23.1 Å². The van der Waals surface area contributed by atoms with Crippen LogP contribution in [0.15, 0.2) is 102 Å². The molecular weight excluding hydrogens is 603 g/mol. The van der Waals surface area contributed by atoms with Gasteiger partial charge in [-0.1, -0.05) is 84.9 Å². The van der Waals surface area contributed by atoms with Crippen molar-refractivity contribution in [1.82, 2.24) is 5.16 Å². The molecule has 8 heteroatoms. The number of ether oxygens (including phenoxy) is 1. The van der Waals surface area contributed by atoms with E-state index in [0.29, 0.717) is 17.2 Å². The Kier molecular flexibility index (Phi) is 8.95. The molecule has 0 amide bonds. The topological polar surface area (TPSA) is 72.6 Å². The lowest BCUT2D eigenvalue weighted by molar-refractivity contribution is -0.138. The van der Waals surface area contributed by atoms with Crippen molar-refractivity contribution >= 4 is 5.97 Å². The quantitative estimate of drug-likeness (QED) is 0.147. The number of hydrogen-bond acceptors (Lipinski definition) is 4. The van der Waals surface area contributed by atoms with Gasteiger partial charge in [0.25, 0.3) is 0 Å². The van der Waals surface area contributed by atoms with Crippen LogP contribution in [0.1, 0.15) is 59.7 Å². The molecule has 1 saturated carbocycles. The van der Waals surface area contributed by atoms with Gasteiger partial charge >= 0.3 is 12.1 Å². The summed E-state index contributed by atoms with van der Waals surface area (Å²) >= 11 is 0. The molecule has 1 heterocycles. The fourth-order valence-electron chi connectivity index (χ4n) is 6.20. The Labute approximate surface area is 272 Å². The van der Waals surface area contributed by atoms with Crippen LogP contribution in [0.2, 0.25) is 0 Å². The normalized spacial score (nSPS) is 14.5. The molecular formula is C39H36F3NO4. The first-order valence-electron chi connectivity index (χ1n) is 15.8. The van der Waals surface area contributed by atoms with Gasteiger partial charge in [0, 0.05) is 16.5 Å². The fourth-order valence-corrected chi connectivity index (χ4v) is 6.20. The van der Waals surface area contributed by atoms with Gasteiger partial charge in [-0.2, -0.15) is 13.2 Å². The van der Waals surface area contributed by atoms with E-state index in [1.165, 1.54) is 12.1 Å². The van der Waals surface area contributed by atoms with E-state index < -0.39 is 17.7 Å². The van der Waals surface area contributed by atoms with E-state index in [-0.39, 0.29) is 18.4 Å². The highest BCUT2D eigenvalue weighted by Gasteiger charge is 2.45. The molecule has 0 aliphatic heterocycles. The molecule has 5 aromatic rings. The number of hydrogen-bond donors (Lipinski definition) is 1. The molecule has 6 rings (SSSR count).